The van der Waals surface area contributed by atoms with Crippen LogP contribution in [0.4, 0.5) is 11.4 Å². The molecule has 1 aliphatic rings. The summed E-state index contributed by atoms with van der Waals surface area (Å²) in [6.45, 7) is 0. The maximum Gasteiger partial charge on any atom is 0.266 e. The molecule has 0 aliphatic carbocycles. The smallest absolute Gasteiger partial charge is 0.266 e. The minimum absolute atomic E-state index is 0.259. The number of amides is 3. The first-order chi connectivity index (χ1) is 12.6. The van der Waals surface area contributed by atoms with Gasteiger partial charge in [0.1, 0.15) is 0 Å². The Morgan fingerprint density at radius 2 is 1.23 bits per heavy atom. The Labute approximate surface area is 149 Å². The van der Waals surface area contributed by atoms with E-state index in [1.54, 1.807) is 60.7 Å². The molecular formula is C21H14N2O3. The van der Waals surface area contributed by atoms with Gasteiger partial charge in [-0.15, -0.1) is 0 Å². The molecule has 0 spiro atoms. The Kier molecular flexibility index (Phi) is 3.82. The zero-order valence-corrected chi connectivity index (χ0v) is 13.7. The van der Waals surface area contributed by atoms with Crippen molar-refractivity contribution in [3.8, 4) is 0 Å². The van der Waals surface area contributed by atoms with Crippen LogP contribution in [0.5, 0.6) is 0 Å². The third-order valence-corrected chi connectivity index (χ3v) is 4.21. The molecule has 0 atom stereocenters. The van der Waals surface area contributed by atoms with E-state index in [-0.39, 0.29) is 17.7 Å². The number of anilines is 2. The van der Waals surface area contributed by atoms with E-state index in [4.69, 9.17) is 0 Å². The summed E-state index contributed by atoms with van der Waals surface area (Å²) < 4.78 is 0. The summed E-state index contributed by atoms with van der Waals surface area (Å²) in [5.74, 6) is -0.968. The summed E-state index contributed by atoms with van der Waals surface area (Å²) in [6.07, 6.45) is 0. The lowest BCUT2D eigenvalue weighted by Gasteiger charge is -2.14. The topological polar surface area (TPSA) is 66.5 Å². The minimum atomic E-state index is -0.355. The number of nitrogens with one attached hydrogen (secondary N) is 1. The normalized spacial score (nSPS) is 12.8. The predicted octanol–water partition coefficient (Wildman–Crippen LogP) is 3.74. The molecule has 1 heterocycles. The van der Waals surface area contributed by atoms with Crippen LogP contribution in [0.1, 0.15) is 31.1 Å². The van der Waals surface area contributed by atoms with Crippen molar-refractivity contribution in [2.45, 2.75) is 0 Å². The molecule has 5 nitrogen and oxygen atoms in total. The summed E-state index contributed by atoms with van der Waals surface area (Å²) >= 11 is 0. The molecule has 0 bridgehead atoms. The van der Waals surface area contributed by atoms with Gasteiger partial charge in [-0.1, -0.05) is 30.3 Å². The lowest BCUT2D eigenvalue weighted by Crippen LogP contribution is -2.29. The zero-order valence-electron chi connectivity index (χ0n) is 13.7. The van der Waals surface area contributed by atoms with Crippen molar-refractivity contribution in [1.82, 2.24) is 0 Å². The molecule has 3 aromatic carbocycles. The van der Waals surface area contributed by atoms with Gasteiger partial charge < -0.3 is 5.32 Å². The molecule has 1 aliphatic heterocycles. The summed E-state index contributed by atoms with van der Waals surface area (Å²) in [6, 6.07) is 22.2. The maximum atomic E-state index is 12.5. The number of fused-ring (bicyclic) bond motifs is 1. The Balaban J connectivity index is 1.56. The molecule has 0 unspecified atom stereocenters. The zero-order chi connectivity index (χ0) is 18.1. The van der Waals surface area contributed by atoms with Gasteiger partial charge in [0.05, 0.1) is 16.8 Å². The van der Waals surface area contributed by atoms with E-state index in [1.807, 2.05) is 18.2 Å². The SMILES string of the molecule is O=C(Nc1ccccc1)c1ccc(N2C(=O)c3ccccc3C2=O)cc1. The second-order valence-corrected chi connectivity index (χ2v) is 5.86. The van der Waals surface area contributed by atoms with Gasteiger partial charge in [-0.2, -0.15) is 0 Å². The Hall–Kier alpha value is -3.73. The molecule has 3 aromatic rings. The minimum Gasteiger partial charge on any atom is -0.322 e. The van der Waals surface area contributed by atoms with Gasteiger partial charge in [0, 0.05) is 11.3 Å². The van der Waals surface area contributed by atoms with Crippen molar-refractivity contribution in [3.05, 3.63) is 95.6 Å². The quantitative estimate of drug-likeness (QED) is 0.737. The summed E-state index contributed by atoms with van der Waals surface area (Å²) in [5.41, 5.74) is 2.36. The lowest BCUT2D eigenvalue weighted by atomic mass is 10.1. The lowest BCUT2D eigenvalue weighted by molar-refractivity contribution is 0.0925. The average Bonchev–Trinajstić information content (AvgIpc) is 2.94. The molecule has 0 saturated carbocycles. The predicted molar refractivity (Wildman–Crippen MR) is 98.4 cm³/mol. The molecule has 0 saturated heterocycles. The van der Waals surface area contributed by atoms with E-state index in [0.29, 0.717) is 28.1 Å². The highest BCUT2D eigenvalue weighted by Gasteiger charge is 2.36. The van der Waals surface area contributed by atoms with Crippen LogP contribution in [-0.4, -0.2) is 17.7 Å². The molecule has 0 radical (unpaired) electrons. The molecule has 126 valence electrons. The molecular weight excluding hydrogens is 328 g/mol. The molecule has 26 heavy (non-hydrogen) atoms. The summed E-state index contributed by atoms with van der Waals surface area (Å²) in [7, 11) is 0. The highest BCUT2D eigenvalue weighted by molar-refractivity contribution is 6.34. The van der Waals surface area contributed by atoms with Crippen LogP contribution in [0.2, 0.25) is 0 Å². The van der Waals surface area contributed by atoms with E-state index in [0.717, 1.165) is 4.90 Å². The van der Waals surface area contributed by atoms with Crippen molar-refractivity contribution >= 4 is 29.1 Å². The summed E-state index contributed by atoms with van der Waals surface area (Å²) in [4.78, 5) is 38.4. The van der Waals surface area contributed by atoms with E-state index < -0.39 is 0 Å². The highest BCUT2D eigenvalue weighted by atomic mass is 16.2. The second kappa shape index (κ2) is 6.29. The monoisotopic (exact) mass is 342 g/mol. The number of hydrogen-bond acceptors (Lipinski definition) is 3. The molecule has 0 aromatic heterocycles. The Bertz CT molecular complexity index is 976. The number of imide groups is 1. The number of nitrogens with zero attached hydrogens (tertiary/aromatic N) is 1. The third-order valence-electron chi connectivity index (χ3n) is 4.21. The summed E-state index contributed by atoms with van der Waals surface area (Å²) in [5, 5.41) is 2.79. The van der Waals surface area contributed by atoms with Crippen molar-refractivity contribution in [2.24, 2.45) is 0 Å². The van der Waals surface area contributed by atoms with Gasteiger partial charge in [-0.25, -0.2) is 4.90 Å². The first-order valence-electron chi connectivity index (χ1n) is 8.09. The van der Waals surface area contributed by atoms with Crippen LogP contribution < -0.4 is 10.2 Å². The van der Waals surface area contributed by atoms with E-state index in [2.05, 4.69) is 5.32 Å². The number of carbonyl (C=O) groups is 3. The van der Waals surface area contributed by atoms with Crippen molar-refractivity contribution in [2.75, 3.05) is 10.2 Å². The van der Waals surface area contributed by atoms with Gasteiger partial charge in [0.2, 0.25) is 0 Å². The Morgan fingerprint density at radius 3 is 1.81 bits per heavy atom. The molecule has 0 fully saturated rings. The number of benzene rings is 3. The average molecular weight is 342 g/mol. The molecule has 4 rings (SSSR count). The standard InChI is InChI=1S/C21H14N2O3/c24-19(22-15-6-2-1-3-7-15)14-10-12-16(13-11-14)23-20(25)17-8-4-5-9-18(17)21(23)26/h1-13H,(H,22,24). The number of carbonyl (C=O) groups excluding carboxylic acids is 3. The van der Waals surface area contributed by atoms with Gasteiger partial charge in [-0.3, -0.25) is 14.4 Å². The first-order valence-corrected chi connectivity index (χ1v) is 8.09. The van der Waals surface area contributed by atoms with Crippen LogP contribution in [0.3, 0.4) is 0 Å². The molecule has 5 heteroatoms. The van der Waals surface area contributed by atoms with Crippen LogP contribution >= 0.6 is 0 Å². The largest absolute Gasteiger partial charge is 0.322 e. The number of hydrogen-bond donors (Lipinski definition) is 1. The Morgan fingerprint density at radius 1 is 0.692 bits per heavy atom. The van der Waals surface area contributed by atoms with Gasteiger partial charge in [-0.05, 0) is 48.5 Å². The first kappa shape index (κ1) is 15.8. The highest BCUT2D eigenvalue weighted by Crippen LogP contribution is 2.28. The van der Waals surface area contributed by atoms with Crippen molar-refractivity contribution in [3.63, 3.8) is 0 Å². The van der Waals surface area contributed by atoms with Crippen LogP contribution in [-0.2, 0) is 0 Å². The third kappa shape index (κ3) is 2.65. The molecule has 3 amide bonds. The van der Waals surface area contributed by atoms with Gasteiger partial charge in [0.25, 0.3) is 17.7 Å². The van der Waals surface area contributed by atoms with Crippen molar-refractivity contribution in [1.29, 1.82) is 0 Å². The van der Waals surface area contributed by atoms with Crippen LogP contribution in [0.25, 0.3) is 0 Å². The fraction of sp³-hybridized carbons (Fsp3) is 0. The van der Waals surface area contributed by atoms with Crippen molar-refractivity contribution < 1.29 is 14.4 Å². The fourth-order valence-electron chi connectivity index (χ4n) is 2.91. The number of rotatable bonds is 3. The van der Waals surface area contributed by atoms with Crippen LogP contribution in [0.15, 0.2) is 78.9 Å². The maximum absolute atomic E-state index is 12.5. The number of para-hydroxylation sites is 1. The van der Waals surface area contributed by atoms with Crippen LogP contribution in [0, 0.1) is 0 Å². The second-order valence-electron chi connectivity index (χ2n) is 5.86. The van der Waals surface area contributed by atoms with Gasteiger partial charge >= 0.3 is 0 Å². The molecule has 1 N–H and O–H groups in total. The fourth-order valence-corrected chi connectivity index (χ4v) is 2.91. The van der Waals surface area contributed by atoms with Gasteiger partial charge in [0.15, 0.2) is 0 Å². The van der Waals surface area contributed by atoms with E-state index in [9.17, 15) is 14.4 Å². The van der Waals surface area contributed by atoms with E-state index >= 15 is 0 Å². The van der Waals surface area contributed by atoms with E-state index in [1.165, 1.54) is 0 Å².